The number of Topliss-reactive ketones (excluding diaryl/α,β-unsaturated/α-hetero) is 1. The van der Waals surface area contributed by atoms with E-state index in [0.29, 0.717) is 36.6 Å². The highest BCUT2D eigenvalue weighted by Gasteiger charge is 2.25. The van der Waals surface area contributed by atoms with E-state index in [1.54, 1.807) is 52.0 Å². The van der Waals surface area contributed by atoms with Crippen LogP contribution >= 0.6 is 0 Å². The van der Waals surface area contributed by atoms with Gasteiger partial charge < -0.3 is 29.8 Å². The maximum atomic E-state index is 12.8. The summed E-state index contributed by atoms with van der Waals surface area (Å²) in [6, 6.07) is 8.16. The summed E-state index contributed by atoms with van der Waals surface area (Å²) in [6.07, 6.45) is 0.0619. The van der Waals surface area contributed by atoms with Crippen LogP contribution in [0.5, 0.6) is 11.5 Å². The van der Waals surface area contributed by atoms with E-state index < -0.39 is 48.1 Å². The minimum absolute atomic E-state index is 0.0185. The standard InChI is InChI=1S/C31H43N3O10S2/c1-20(2)45(38,39)17-10-6-9-13-33-30(36)44-28-24-12-8-7-11-23(24)27(25-19-26(22(5)35)42-29(25)28)43-31(37)34-15-14-32-16-18-46(40,41)21(3)4/h7-8,11-12,19-21,32H,6,9-10,13-18H2,1-5H3,(H,33,36)(H,34,37). The van der Waals surface area contributed by atoms with Crippen LogP contribution in [0.1, 0.15) is 64.4 Å². The second-order valence-electron chi connectivity index (χ2n) is 11.4. The van der Waals surface area contributed by atoms with Crippen LogP contribution in [0, 0.1) is 0 Å². The van der Waals surface area contributed by atoms with Gasteiger partial charge in [-0.3, -0.25) is 4.79 Å². The van der Waals surface area contributed by atoms with Gasteiger partial charge in [0.25, 0.3) is 0 Å². The van der Waals surface area contributed by atoms with Gasteiger partial charge in [-0.25, -0.2) is 26.4 Å². The van der Waals surface area contributed by atoms with E-state index in [1.165, 1.54) is 13.0 Å². The van der Waals surface area contributed by atoms with Crippen molar-refractivity contribution in [1.82, 2.24) is 16.0 Å². The molecule has 0 aliphatic rings. The van der Waals surface area contributed by atoms with E-state index in [2.05, 4.69) is 16.0 Å². The molecule has 0 bridgehead atoms. The molecule has 2 aromatic carbocycles. The maximum absolute atomic E-state index is 12.8. The van der Waals surface area contributed by atoms with Crippen molar-refractivity contribution < 1.29 is 45.1 Å². The first-order chi connectivity index (χ1) is 21.6. The molecule has 15 heteroatoms. The fourth-order valence-electron chi connectivity index (χ4n) is 4.38. The van der Waals surface area contributed by atoms with Crippen LogP contribution in [0.2, 0.25) is 0 Å². The van der Waals surface area contributed by atoms with E-state index in [1.807, 2.05) is 0 Å². The van der Waals surface area contributed by atoms with Crippen molar-refractivity contribution in [3.63, 3.8) is 0 Å². The number of benzene rings is 2. The van der Waals surface area contributed by atoms with Crippen molar-refractivity contribution >= 4 is 59.4 Å². The zero-order valence-electron chi connectivity index (χ0n) is 26.8. The summed E-state index contributed by atoms with van der Waals surface area (Å²) in [5.41, 5.74) is 0.0359. The average Bonchev–Trinajstić information content (AvgIpc) is 3.44. The lowest BCUT2D eigenvalue weighted by Crippen LogP contribution is -2.35. The number of hydrogen-bond acceptors (Lipinski definition) is 11. The van der Waals surface area contributed by atoms with E-state index in [-0.39, 0.29) is 59.4 Å². The van der Waals surface area contributed by atoms with Gasteiger partial charge in [-0.05, 0) is 46.6 Å². The van der Waals surface area contributed by atoms with Gasteiger partial charge in [0.2, 0.25) is 0 Å². The Balaban J connectivity index is 1.71. The number of ketones is 1. The molecule has 0 atom stereocenters. The molecule has 0 spiro atoms. The predicted octanol–water partition coefficient (Wildman–Crippen LogP) is 4.37. The molecule has 0 aliphatic heterocycles. The number of ether oxygens (including phenoxy) is 2. The Morgan fingerprint density at radius 3 is 1.89 bits per heavy atom. The Hall–Kier alpha value is -3.69. The van der Waals surface area contributed by atoms with Gasteiger partial charge in [-0.2, -0.15) is 0 Å². The van der Waals surface area contributed by atoms with Crippen LogP contribution in [0.15, 0.2) is 34.7 Å². The summed E-state index contributed by atoms with van der Waals surface area (Å²) in [5, 5.41) is 8.39. The van der Waals surface area contributed by atoms with Gasteiger partial charge in [-0.1, -0.05) is 30.7 Å². The zero-order chi connectivity index (χ0) is 34.1. The van der Waals surface area contributed by atoms with Crippen molar-refractivity contribution in [3.8, 4) is 11.5 Å². The molecule has 13 nitrogen and oxygen atoms in total. The first kappa shape index (κ1) is 36.8. The number of carbonyl (C=O) groups is 3. The fraction of sp³-hybridized carbons (Fsp3) is 0.516. The lowest BCUT2D eigenvalue weighted by molar-refractivity contribution is 0.0989. The second kappa shape index (κ2) is 16.2. The van der Waals surface area contributed by atoms with Crippen LogP contribution in [-0.4, -0.2) is 83.0 Å². The smallest absolute Gasteiger partial charge is 0.412 e. The van der Waals surface area contributed by atoms with Crippen molar-refractivity contribution in [2.45, 2.75) is 64.4 Å². The molecule has 0 fully saturated rings. The Kier molecular flexibility index (Phi) is 13.0. The molecular formula is C31H43N3O10S2. The summed E-state index contributed by atoms with van der Waals surface area (Å²) in [6.45, 7) is 8.79. The average molecular weight is 682 g/mol. The minimum Gasteiger partial charge on any atom is -0.449 e. The van der Waals surface area contributed by atoms with Crippen molar-refractivity contribution in [2.24, 2.45) is 0 Å². The Morgan fingerprint density at radius 2 is 1.28 bits per heavy atom. The molecule has 3 N–H and O–H groups in total. The topological polar surface area (TPSA) is 187 Å². The Labute approximate surface area is 269 Å². The molecule has 254 valence electrons. The van der Waals surface area contributed by atoms with Crippen molar-refractivity contribution in [3.05, 3.63) is 36.1 Å². The highest BCUT2D eigenvalue weighted by Crippen LogP contribution is 2.44. The van der Waals surface area contributed by atoms with E-state index >= 15 is 0 Å². The molecular weight excluding hydrogens is 638 g/mol. The number of unbranched alkanes of at least 4 members (excludes halogenated alkanes) is 2. The number of sulfone groups is 2. The second-order valence-corrected chi connectivity index (χ2v) is 16.7. The molecule has 0 saturated carbocycles. The molecule has 2 amide bonds. The molecule has 1 heterocycles. The van der Waals surface area contributed by atoms with Gasteiger partial charge in [-0.15, -0.1) is 0 Å². The van der Waals surface area contributed by atoms with Gasteiger partial charge in [0.15, 0.2) is 48.3 Å². The third-order valence-corrected chi connectivity index (χ3v) is 11.8. The SMILES string of the molecule is CC(=O)c1cc2c(OC(=O)NCCNCCS(=O)(=O)C(C)C)c3ccccc3c(OC(=O)NCCCCCS(=O)(=O)C(C)C)c2o1. The van der Waals surface area contributed by atoms with Gasteiger partial charge >= 0.3 is 12.2 Å². The fourth-order valence-corrected chi connectivity index (χ4v) is 6.35. The lowest BCUT2D eigenvalue weighted by Gasteiger charge is -2.14. The predicted molar refractivity (Wildman–Crippen MR) is 176 cm³/mol. The van der Waals surface area contributed by atoms with Crippen molar-refractivity contribution in [1.29, 1.82) is 0 Å². The van der Waals surface area contributed by atoms with E-state index in [4.69, 9.17) is 13.9 Å². The third kappa shape index (κ3) is 9.90. The van der Waals surface area contributed by atoms with Gasteiger partial charge in [0.1, 0.15) is 0 Å². The van der Waals surface area contributed by atoms with E-state index in [9.17, 15) is 31.2 Å². The van der Waals surface area contributed by atoms with Crippen LogP contribution in [0.4, 0.5) is 9.59 Å². The minimum atomic E-state index is -3.18. The number of rotatable bonds is 17. The molecule has 1 aromatic heterocycles. The highest BCUT2D eigenvalue weighted by molar-refractivity contribution is 7.92. The normalized spacial score (nSPS) is 12.2. The molecule has 3 rings (SSSR count). The quantitative estimate of drug-likeness (QED) is 0.136. The number of fused-ring (bicyclic) bond motifs is 2. The van der Waals surface area contributed by atoms with Crippen molar-refractivity contribution in [2.75, 3.05) is 37.7 Å². The first-order valence-corrected chi connectivity index (χ1v) is 18.6. The molecule has 0 radical (unpaired) electrons. The van der Waals surface area contributed by atoms with Crippen LogP contribution < -0.4 is 25.4 Å². The summed E-state index contributed by atoms with van der Waals surface area (Å²) in [7, 11) is -6.29. The van der Waals surface area contributed by atoms with Crippen LogP contribution in [0.3, 0.4) is 0 Å². The molecule has 0 saturated heterocycles. The lowest BCUT2D eigenvalue weighted by atomic mass is 10.1. The van der Waals surface area contributed by atoms with Gasteiger partial charge in [0.05, 0.1) is 27.4 Å². The highest BCUT2D eigenvalue weighted by atomic mass is 32.2. The Bertz CT molecular complexity index is 1640. The van der Waals surface area contributed by atoms with Crippen LogP contribution in [-0.2, 0) is 19.7 Å². The number of nitrogens with one attached hydrogen (secondary N) is 3. The van der Waals surface area contributed by atoms with Gasteiger partial charge in [0, 0.05) is 43.9 Å². The number of furan rings is 1. The monoisotopic (exact) mass is 681 g/mol. The summed E-state index contributed by atoms with van der Waals surface area (Å²) < 4.78 is 65.0. The van der Waals surface area contributed by atoms with E-state index in [0.717, 1.165) is 0 Å². The molecule has 46 heavy (non-hydrogen) atoms. The summed E-state index contributed by atoms with van der Waals surface area (Å²) in [5.74, 6) is -0.222. The molecule has 0 aliphatic carbocycles. The number of hydrogen-bond donors (Lipinski definition) is 3. The maximum Gasteiger partial charge on any atom is 0.412 e. The summed E-state index contributed by atoms with van der Waals surface area (Å²) >= 11 is 0. The van der Waals surface area contributed by atoms with Crippen LogP contribution in [0.25, 0.3) is 21.7 Å². The Morgan fingerprint density at radius 1 is 0.717 bits per heavy atom. The first-order valence-electron chi connectivity index (χ1n) is 15.2. The number of amides is 2. The molecule has 0 unspecified atom stereocenters. The number of carbonyl (C=O) groups excluding carboxylic acids is 3. The third-order valence-electron chi connectivity index (χ3n) is 7.28. The largest absolute Gasteiger partial charge is 0.449 e. The zero-order valence-corrected chi connectivity index (χ0v) is 28.4. The summed E-state index contributed by atoms with van der Waals surface area (Å²) in [4.78, 5) is 37.8. The molecule has 3 aromatic rings.